The second-order valence-electron chi connectivity index (χ2n) is 2.52. The molecule has 0 saturated heterocycles. The van der Waals surface area contributed by atoms with Crippen LogP contribution in [-0.2, 0) is 0 Å². The van der Waals surface area contributed by atoms with Crippen molar-refractivity contribution in [2.24, 2.45) is 0 Å². The van der Waals surface area contributed by atoms with Gasteiger partial charge in [-0.3, -0.25) is 20.2 Å². The first-order chi connectivity index (χ1) is 8.56. The summed E-state index contributed by atoms with van der Waals surface area (Å²) in [6.45, 7) is 0. The first-order valence-electron chi connectivity index (χ1n) is 3.94. The molecule has 1 aromatic carbocycles. The summed E-state index contributed by atoms with van der Waals surface area (Å²) < 4.78 is 0. The van der Waals surface area contributed by atoms with Crippen molar-refractivity contribution in [1.29, 1.82) is 0 Å². The number of nitro benzene ring substituents is 2. The van der Waals surface area contributed by atoms with E-state index in [4.69, 9.17) is 10.7 Å². The van der Waals surface area contributed by atoms with Crippen LogP contribution in [0, 0.1) is 20.2 Å². The third-order valence-electron chi connectivity index (χ3n) is 1.56. The molecule has 6 nitrogen and oxygen atoms in total. The van der Waals surface area contributed by atoms with Crippen LogP contribution in [0.3, 0.4) is 0 Å². The number of benzene rings is 1. The molecule has 0 atom stereocenters. The van der Waals surface area contributed by atoms with Gasteiger partial charge in [-0.2, -0.15) is 0 Å². The zero-order chi connectivity index (χ0) is 13.5. The molecular formula is C6H3ClN2O4S5. The van der Waals surface area contributed by atoms with Crippen LogP contribution < -0.4 is 0 Å². The number of hydrogen-bond donors (Lipinski definition) is 0. The predicted molar refractivity (Wildman–Crippen MR) is 81.8 cm³/mol. The molecule has 1 aromatic rings. The van der Waals surface area contributed by atoms with Gasteiger partial charge in [0.25, 0.3) is 11.4 Å². The Morgan fingerprint density at radius 2 is 1.78 bits per heavy atom. The van der Waals surface area contributed by atoms with E-state index < -0.39 is 9.85 Å². The second kappa shape index (κ2) is 8.27. The molecule has 0 aliphatic carbocycles. The molecule has 18 heavy (non-hydrogen) atoms. The maximum atomic E-state index is 10.8. The average molecular weight is 363 g/mol. The summed E-state index contributed by atoms with van der Waals surface area (Å²) in [6.07, 6.45) is 0. The van der Waals surface area contributed by atoms with E-state index >= 15 is 0 Å². The van der Waals surface area contributed by atoms with Crippen LogP contribution in [0.25, 0.3) is 0 Å². The molecule has 0 amide bonds. The molecule has 0 N–H and O–H groups in total. The summed E-state index contributed by atoms with van der Waals surface area (Å²) in [4.78, 5) is 20.4. The van der Waals surface area contributed by atoms with Crippen molar-refractivity contribution in [2.45, 2.75) is 4.90 Å². The van der Waals surface area contributed by atoms with Crippen LogP contribution in [0.2, 0.25) is 0 Å². The molecule has 98 valence electrons. The smallest absolute Gasteiger partial charge is 0.258 e. The SMILES string of the molecule is O=[N+]([O-])c1ccc(SSSSSCl)c([N+](=O)[O-])c1. The zero-order valence-corrected chi connectivity index (χ0v) is 13.0. The number of rotatable bonds is 7. The Balaban J connectivity index is 2.83. The predicted octanol–water partition coefficient (Wildman–Crippen LogP) is 5.34. The highest BCUT2D eigenvalue weighted by molar-refractivity contribution is 9.37. The van der Waals surface area contributed by atoms with E-state index in [1.165, 1.54) is 41.6 Å². The van der Waals surface area contributed by atoms with Crippen molar-refractivity contribution in [3.05, 3.63) is 38.4 Å². The number of nitrogens with zero attached hydrogens (tertiary/aromatic N) is 2. The lowest BCUT2D eigenvalue weighted by Crippen LogP contribution is -1.93. The van der Waals surface area contributed by atoms with Gasteiger partial charge in [-0.15, -0.1) is 0 Å². The van der Waals surface area contributed by atoms with Crippen LogP contribution in [0.5, 0.6) is 0 Å². The average Bonchev–Trinajstić information content (AvgIpc) is 2.34. The minimum Gasteiger partial charge on any atom is -0.258 e. The van der Waals surface area contributed by atoms with Crippen molar-refractivity contribution in [3.63, 3.8) is 0 Å². The van der Waals surface area contributed by atoms with Gasteiger partial charge in [0.2, 0.25) is 0 Å². The van der Waals surface area contributed by atoms with E-state index in [1.807, 2.05) is 0 Å². The molecule has 0 fully saturated rings. The van der Waals surface area contributed by atoms with Crippen molar-refractivity contribution >= 4 is 72.3 Å². The fraction of sp³-hybridized carbons (Fsp3) is 0. The summed E-state index contributed by atoms with van der Waals surface area (Å²) >= 11 is 0. The maximum absolute atomic E-state index is 10.8. The maximum Gasteiger partial charge on any atom is 0.290 e. The van der Waals surface area contributed by atoms with Crippen molar-refractivity contribution in [3.8, 4) is 0 Å². The van der Waals surface area contributed by atoms with E-state index in [1.54, 1.807) is 0 Å². The van der Waals surface area contributed by atoms with Gasteiger partial charge in [0.15, 0.2) is 0 Å². The Hall–Kier alpha value is 0.0600. The minimum atomic E-state index is -0.663. The van der Waals surface area contributed by atoms with Crippen LogP contribution in [0.15, 0.2) is 23.1 Å². The van der Waals surface area contributed by atoms with E-state index in [-0.39, 0.29) is 11.4 Å². The highest BCUT2D eigenvalue weighted by atomic mass is 35.7. The van der Waals surface area contributed by atoms with Gasteiger partial charge in [0.05, 0.1) is 20.8 Å². The lowest BCUT2D eigenvalue weighted by atomic mass is 10.3. The number of halogens is 1. The van der Waals surface area contributed by atoms with Gasteiger partial charge >= 0.3 is 0 Å². The third kappa shape index (κ3) is 4.97. The van der Waals surface area contributed by atoms with Crippen molar-refractivity contribution in [1.82, 2.24) is 0 Å². The van der Waals surface area contributed by atoms with Crippen LogP contribution in [0.1, 0.15) is 0 Å². The fourth-order valence-corrected chi connectivity index (χ4v) is 9.02. The van der Waals surface area contributed by atoms with Crippen LogP contribution >= 0.6 is 61.0 Å². The molecule has 0 aliphatic heterocycles. The molecular weight excluding hydrogens is 360 g/mol. The van der Waals surface area contributed by atoms with E-state index in [0.717, 1.165) is 26.9 Å². The van der Waals surface area contributed by atoms with Gasteiger partial charge in [-0.25, -0.2) is 0 Å². The highest BCUT2D eigenvalue weighted by Crippen LogP contribution is 2.53. The molecule has 0 heterocycles. The molecule has 0 aliphatic rings. The van der Waals surface area contributed by atoms with Gasteiger partial charge in [0.1, 0.15) is 0 Å². The minimum absolute atomic E-state index is 0.272. The van der Waals surface area contributed by atoms with Crippen LogP contribution in [0.4, 0.5) is 11.4 Å². The molecule has 0 radical (unpaired) electrons. The largest absolute Gasteiger partial charge is 0.290 e. The summed E-state index contributed by atoms with van der Waals surface area (Å²) in [5.74, 6) is 0. The fourth-order valence-electron chi connectivity index (χ4n) is 0.905. The zero-order valence-electron chi connectivity index (χ0n) is 8.18. The molecule has 0 unspecified atom stereocenters. The second-order valence-corrected chi connectivity index (χ2v) is 10.6. The molecule has 0 aromatic heterocycles. The van der Waals surface area contributed by atoms with Gasteiger partial charge in [0, 0.05) is 25.9 Å². The van der Waals surface area contributed by atoms with Gasteiger partial charge in [-0.1, -0.05) is 0 Å². The van der Waals surface area contributed by atoms with Crippen molar-refractivity contribution < 1.29 is 9.85 Å². The highest BCUT2D eigenvalue weighted by Gasteiger charge is 2.19. The molecule has 0 spiro atoms. The molecule has 0 bridgehead atoms. The number of nitro groups is 2. The van der Waals surface area contributed by atoms with Crippen molar-refractivity contribution in [2.75, 3.05) is 0 Å². The quantitative estimate of drug-likeness (QED) is 0.276. The van der Waals surface area contributed by atoms with E-state index in [9.17, 15) is 20.2 Å². The first kappa shape index (κ1) is 16.1. The van der Waals surface area contributed by atoms with Gasteiger partial charge in [-0.05, 0) is 47.2 Å². The monoisotopic (exact) mass is 362 g/mol. The lowest BCUT2D eigenvalue weighted by molar-refractivity contribution is -0.396. The summed E-state index contributed by atoms with van der Waals surface area (Å²) in [5.41, 5.74) is -0.569. The third-order valence-corrected chi connectivity index (χ3v) is 10.0. The Morgan fingerprint density at radius 3 is 2.33 bits per heavy atom. The number of non-ortho nitro benzene ring substituents is 1. The first-order valence-corrected chi connectivity index (χ1v) is 10.9. The Morgan fingerprint density at radius 1 is 1.06 bits per heavy atom. The molecule has 1 rings (SSSR count). The van der Waals surface area contributed by atoms with E-state index in [0.29, 0.717) is 4.90 Å². The summed E-state index contributed by atoms with van der Waals surface area (Å²) in [7, 11) is 11.5. The Labute approximate surface area is 125 Å². The van der Waals surface area contributed by atoms with Gasteiger partial charge < -0.3 is 0 Å². The molecule has 0 saturated carbocycles. The summed E-state index contributed by atoms with van der Waals surface area (Å²) in [6, 6.07) is 3.56. The summed E-state index contributed by atoms with van der Waals surface area (Å²) in [5, 5.41) is 21.3. The molecule has 12 heteroatoms. The Kier molecular flexibility index (Phi) is 7.41. The van der Waals surface area contributed by atoms with E-state index in [2.05, 4.69) is 0 Å². The topological polar surface area (TPSA) is 86.3 Å². The lowest BCUT2D eigenvalue weighted by Gasteiger charge is -2.00. The Bertz CT molecular complexity index is 462. The normalized spacial score (nSPS) is 10.3. The number of hydrogen-bond acceptors (Lipinski definition) is 9. The standard InChI is InChI=1S/C6H3ClN2O4S5/c7-15-17-18-16-14-6-2-1-4(8(10)11)3-5(6)9(12)13/h1-3H. The van der Waals surface area contributed by atoms with Crippen LogP contribution in [-0.4, -0.2) is 9.85 Å².